The molecular weight excluding hydrogens is 279 g/mol. The predicted octanol–water partition coefficient (Wildman–Crippen LogP) is 2.18. The molecule has 0 radical (unpaired) electrons. The van der Waals surface area contributed by atoms with E-state index in [0.717, 1.165) is 6.07 Å². The maximum absolute atomic E-state index is 12.3. The van der Waals surface area contributed by atoms with E-state index >= 15 is 0 Å². The highest BCUT2D eigenvalue weighted by Crippen LogP contribution is 2.30. The van der Waals surface area contributed by atoms with Crippen LogP contribution in [0.15, 0.2) is 30.5 Å². The van der Waals surface area contributed by atoms with Gasteiger partial charge in [0.05, 0.1) is 11.8 Å². The molecule has 1 aromatic heterocycles. The summed E-state index contributed by atoms with van der Waals surface area (Å²) in [5, 5.41) is 12.4. The summed E-state index contributed by atoms with van der Waals surface area (Å²) in [6.45, 7) is -0.283. The molecule has 1 heterocycles. The number of benzene rings is 1. The van der Waals surface area contributed by atoms with Gasteiger partial charge in [-0.3, -0.25) is 0 Å². The Balaban J connectivity index is 2.17. The number of nitrogens with two attached hydrogens (primary N) is 1. The first-order chi connectivity index (χ1) is 9.35. The highest BCUT2D eigenvalue weighted by Gasteiger charge is 2.32. The van der Waals surface area contributed by atoms with Gasteiger partial charge < -0.3 is 20.4 Å². The van der Waals surface area contributed by atoms with Crippen LogP contribution in [-0.2, 0) is 6.61 Å². The molecule has 0 aliphatic heterocycles. The SMILES string of the molecule is Nc1cccc(OC(F)(F)F)c1COc1ccn(O)n1. The Morgan fingerprint density at radius 1 is 1.30 bits per heavy atom. The minimum absolute atomic E-state index is 0.0358. The second-order valence-electron chi connectivity index (χ2n) is 3.73. The first-order valence-corrected chi connectivity index (χ1v) is 5.36. The summed E-state index contributed by atoms with van der Waals surface area (Å²) in [7, 11) is 0. The van der Waals surface area contributed by atoms with Gasteiger partial charge in [0, 0.05) is 11.8 Å². The van der Waals surface area contributed by atoms with Crippen molar-refractivity contribution >= 4 is 5.69 Å². The molecule has 1 aromatic carbocycles. The Hall–Kier alpha value is -2.58. The molecule has 3 N–H and O–H groups in total. The highest BCUT2D eigenvalue weighted by atomic mass is 19.4. The molecule has 0 amide bonds. The van der Waals surface area contributed by atoms with Crippen molar-refractivity contribution in [2.75, 3.05) is 5.73 Å². The lowest BCUT2D eigenvalue weighted by molar-refractivity contribution is -0.275. The normalized spacial score (nSPS) is 11.3. The lowest BCUT2D eigenvalue weighted by Gasteiger charge is -2.14. The first-order valence-electron chi connectivity index (χ1n) is 5.36. The zero-order chi connectivity index (χ0) is 14.8. The number of anilines is 1. The van der Waals surface area contributed by atoms with Crippen LogP contribution in [0.5, 0.6) is 11.6 Å². The molecule has 0 atom stereocenters. The second kappa shape index (κ2) is 5.19. The zero-order valence-electron chi connectivity index (χ0n) is 9.96. The molecule has 20 heavy (non-hydrogen) atoms. The van der Waals surface area contributed by atoms with Gasteiger partial charge in [-0.15, -0.1) is 18.0 Å². The largest absolute Gasteiger partial charge is 0.573 e. The van der Waals surface area contributed by atoms with Gasteiger partial charge in [0.15, 0.2) is 0 Å². The fourth-order valence-electron chi connectivity index (χ4n) is 1.48. The molecule has 2 rings (SSSR count). The number of ether oxygens (including phenoxy) is 2. The Labute approximate surface area is 111 Å². The molecule has 0 bridgehead atoms. The topological polar surface area (TPSA) is 82.5 Å². The standard InChI is InChI=1S/C11H10F3N3O3/c12-11(13,14)20-9-3-1-2-8(15)7(9)6-19-10-4-5-17(18)16-10/h1-5,18H,6,15H2. The van der Waals surface area contributed by atoms with Crippen molar-refractivity contribution in [2.24, 2.45) is 0 Å². The zero-order valence-corrected chi connectivity index (χ0v) is 9.96. The van der Waals surface area contributed by atoms with Crippen LogP contribution in [0.25, 0.3) is 0 Å². The van der Waals surface area contributed by atoms with Gasteiger partial charge in [-0.05, 0) is 12.1 Å². The number of nitrogens with zero attached hydrogens (tertiary/aromatic N) is 2. The summed E-state index contributed by atoms with van der Waals surface area (Å²) < 4.78 is 45.8. The molecule has 108 valence electrons. The number of rotatable bonds is 4. The molecule has 2 aromatic rings. The van der Waals surface area contributed by atoms with Gasteiger partial charge >= 0.3 is 6.36 Å². The van der Waals surface area contributed by atoms with E-state index in [4.69, 9.17) is 15.7 Å². The fraction of sp³-hybridized carbons (Fsp3) is 0.182. The van der Waals surface area contributed by atoms with E-state index < -0.39 is 12.1 Å². The van der Waals surface area contributed by atoms with Crippen LogP contribution in [0.4, 0.5) is 18.9 Å². The van der Waals surface area contributed by atoms with Crippen molar-refractivity contribution in [3.8, 4) is 11.6 Å². The van der Waals surface area contributed by atoms with Crippen LogP contribution in [0.2, 0.25) is 0 Å². The summed E-state index contributed by atoms with van der Waals surface area (Å²) >= 11 is 0. The van der Waals surface area contributed by atoms with E-state index in [-0.39, 0.29) is 23.7 Å². The minimum Gasteiger partial charge on any atom is -0.471 e. The molecular formula is C11H10F3N3O3. The number of halogens is 3. The van der Waals surface area contributed by atoms with E-state index in [1.807, 2.05) is 0 Å². The second-order valence-corrected chi connectivity index (χ2v) is 3.73. The van der Waals surface area contributed by atoms with Crippen molar-refractivity contribution in [1.82, 2.24) is 9.94 Å². The molecule has 0 unspecified atom stereocenters. The molecule has 0 aliphatic carbocycles. The van der Waals surface area contributed by atoms with Gasteiger partial charge in [-0.25, -0.2) is 0 Å². The number of aromatic nitrogens is 2. The lowest BCUT2D eigenvalue weighted by Crippen LogP contribution is -2.19. The van der Waals surface area contributed by atoms with Crippen molar-refractivity contribution in [2.45, 2.75) is 13.0 Å². The molecule has 0 saturated carbocycles. The third kappa shape index (κ3) is 3.46. The Morgan fingerprint density at radius 2 is 2.05 bits per heavy atom. The number of hydrogen-bond acceptors (Lipinski definition) is 5. The highest BCUT2D eigenvalue weighted by molar-refractivity contribution is 5.54. The Bertz CT molecular complexity index is 598. The maximum Gasteiger partial charge on any atom is 0.573 e. The molecule has 6 nitrogen and oxygen atoms in total. The van der Waals surface area contributed by atoms with Gasteiger partial charge in [0.25, 0.3) is 0 Å². The average molecular weight is 289 g/mol. The lowest BCUT2D eigenvalue weighted by atomic mass is 10.1. The summed E-state index contributed by atoms with van der Waals surface area (Å²) in [4.78, 5) is 0.511. The van der Waals surface area contributed by atoms with E-state index in [1.165, 1.54) is 24.4 Å². The third-order valence-electron chi connectivity index (χ3n) is 2.31. The Kier molecular flexibility index (Phi) is 3.59. The van der Waals surface area contributed by atoms with Crippen LogP contribution >= 0.6 is 0 Å². The third-order valence-corrected chi connectivity index (χ3v) is 2.31. The summed E-state index contributed by atoms with van der Waals surface area (Å²) in [5.41, 5.74) is 5.74. The maximum atomic E-state index is 12.3. The van der Waals surface area contributed by atoms with Gasteiger partial charge in [0.1, 0.15) is 12.4 Å². The van der Waals surface area contributed by atoms with Gasteiger partial charge in [-0.1, -0.05) is 11.2 Å². The molecule has 0 fully saturated rings. The average Bonchev–Trinajstić information content (AvgIpc) is 2.72. The molecule has 0 aliphatic rings. The van der Waals surface area contributed by atoms with E-state index in [9.17, 15) is 13.2 Å². The van der Waals surface area contributed by atoms with Crippen molar-refractivity contribution in [3.05, 3.63) is 36.0 Å². The van der Waals surface area contributed by atoms with Crippen LogP contribution in [0.1, 0.15) is 5.56 Å². The van der Waals surface area contributed by atoms with Crippen LogP contribution < -0.4 is 15.2 Å². The van der Waals surface area contributed by atoms with Gasteiger partial charge in [0.2, 0.25) is 5.88 Å². The van der Waals surface area contributed by atoms with Crippen molar-refractivity contribution in [1.29, 1.82) is 0 Å². The number of alkyl halides is 3. The van der Waals surface area contributed by atoms with E-state index in [1.54, 1.807) is 0 Å². The molecule has 0 saturated heterocycles. The molecule has 9 heteroatoms. The number of nitrogen functional groups attached to an aromatic ring is 1. The van der Waals surface area contributed by atoms with Gasteiger partial charge in [-0.2, -0.15) is 0 Å². The quantitative estimate of drug-likeness (QED) is 0.666. The van der Waals surface area contributed by atoms with E-state index in [2.05, 4.69) is 9.84 Å². The van der Waals surface area contributed by atoms with Crippen molar-refractivity contribution in [3.63, 3.8) is 0 Å². The monoisotopic (exact) mass is 289 g/mol. The summed E-state index contributed by atoms with van der Waals surface area (Å²) in [5.74, 6) is -0.408. The Morgan fingerprint density at radius 3 is 2.65 bits per heavy atom. The first kappa shape index (κ1) is 13.8. The summed E-state index contributed by atoms with van der Waals surface area (Å²) in [6, 6.07) is 5.23. The minimum atomic E-state index is -4.82. The smallest absolute Gasteiger partial charge is 0.471 e. The van der Waals surface area contributed by atoms with Crippen LogP contribution in [0, 0.1) is 0 Å². The van der Waals surface area contributed by atoms with Crippen LogP contribution in [-0.4, -0.2) is 21.5 Å². The van der Waals surface area contributed by atoms with Crippen LogP contribution in [0.3, 0.4) is 0 Å². The number of hydrogen-bond donors (Lipinski definition) is 2. The molecule has 0 spiro atoms. The summed E-state index contributed by atoms with van der Waals surface area (Å²) in [6.07, 6.45) is -3.62. The van der Waals surface area contributed by atoms with Crippen molar-refractivity contribution < 1.29 is 27.9 Å². The fourth-order valence-corrected chi connectivity index (χ4v) is 1.48. The predicted molar refractivity (Wildman–Crippen MR) is 61.3 cm³/mol. The van der Waals surface area contributed by atoms with E-state index in [0.29, 0.717) is 4.85 Å².